The highest BCUT2D eigenvalue weighted by Crippen LogP contribution is 2.37. The number of amides is 1. The Hall–Kier alpha value is -8.02. The van der Waals surface area contributed by atoms with Crippen molar-refractivity contribution in [2.24, 2.45) is 0 Å². The molecule has 9 rings (SSSR count). The number of fused-ring (bicyclic) bond motifs is 2. The minimum absolute atomic E-state index is 0.0840. The van der Waals surface area contributed by atoms with Gasteiger partial charge in [0.1, 0.15) is 11.5 Å². The standard InChI is InChI=1S/C28H27F3N4O2.C25H22F3N3O3/c1-17-13-18(7-10-21(17)27(36)34-20-8-9-20)24-15-33-26-23(32-12-11-28(29,30)31)14-19(16-35(24)26)22-5-3-4-6-25(22)37-2;1-15-11-16(7-8-18(15)24(32)33)21-13-30-23-20(29-10-9-25(26,27)28)12-17(14-31(21)23)19-5-3-4-6-22(19)34-2/h3-7,10,13-16,20,32H,8-9,11-12H2,1-2H3,(H,34,36);3-8,11-14,29H,9-10H2,1-2H3,(H,32,33). The number of aromatic nitrogens is 4. The van der Waals surface area contributed by atoms with Crippen molar-refractivity contribution in [3.63, 3.8) is 0 Å². The summed E-state index contributed by atoms with van der Waals surface area (Å²) in [6.45, 7) is 3.02. The van der Waals surface area contributed by atoms with Crippen molar-refractivity contribution in [3.05, 3.63) is 144 Å². The minimum Gasteiger partial charge on any atom is -0.496 e. The summed E-state index contributed by atoms with van der Waals surface area (Å²) in [6.07, 6.45) is -1.44. The highest BCUT2D eigenvalue weighted by Gasteiger charge is 2.28. The third kappa shape index (κ3) is 11.5. The van der Waals surface area contributed by atoms with Crippen molar-refractivity contribution in [2.45, 2.75) is 57.9 Å². The first-order valence-electron chi connectivity index (χ1n) is 22.6. The van der Waals surface area contributed by atoms with Gasteiger partial charge < -0.3 is 30.5 Å². The molecule has 1 fully saturated rings. The second kappa shape index (κ2) is 20.5. The van der Waals surface area contributed by atoms with Crippen molar-refractivity contribution in [1.82, 2.24) is 24.1 Å². The zero-order valence-electron chi connectivity index (χ0n) is 39.0. The number of imidazole rings is 2. The van der Waals surface area contributed by atoms with Crippen LogP contribution in [0.1, 0.15) is 57.5 Å². The number of aryl methyl sites for hydroxylation is 2. The molecule has 18 heteroatoms. The van der Waals surface area contributed by atoms with Gasteiger partial charge in [0.05, 0.1) is 67.8 Å². The number of anilines is 2. The van der Waals surface area contributed by atoms with Gasteiger partial charge in [-0.25, -0.2) is 14.8 Å². The maximum atomic E-state index is 12.8. The number of para-hydroxylation sites is 2. The molecule has 0 aliphatic heterocycles. The Morgan fingerprint density at radius 2 is 1.07 bits per heavy atom. The molecule has 1 saturated carbocycles. The normalized spacial score (nSPS) is 12.6. The highest BCUT2D eigenvalue weighted by atomic mass is 19.4. The first kappa shape index (κ1) is 49.4. The summed E-state index contributed by atoms with van der Waals surface area (Å²) in [4.78, 5) is 32.9. The number of carboxylic acid groups (broad SMARTS) is 1. The number of carbonyl (C=O) groups excluding carboxylic acids is 1. The molecule has 0 radical (unpaired) electrons. The van der Waals surface area contributed by atoms with Crippen molar-refractivity contribution in [1.29, 1.82) is 0 Å². The van der Waals surface area contributed by atoms with E-state index in [0.29, 0.717) is 51.0 Å². The molecule has 4 N–H and O–H groups in total. The van der Waals surface area contributed by atoms with Gasteiger partial charge in [0.15, 0.2) is 11.3 Å². The Bertz CT molecular complexity index is 3250. The first-order valence-corrected chi connectivity index (χ1v) is 22.6. The number of halogens is 6. The highest BCUT2D eigenvalue weighted by molar-refractivity contribution is 5.96. The van der Waals surface area contributed by atoms with Gasteiger partial charge in [-0.15, -0.1) is 0 Å². The van der Waals surface area contributed by atoms with Crippen molar-refractivity contribution in [2.75, 3.05) is 37.9 Å². The molecule has 0 atom stereocenters. The van der Waals surface area contributed by atoms with Crippen LogP contribution in [0.15, 0.2) is 122 Å². The summed E-state index contributed by atoms with van der Waals surface area (Å²) in [6, 6.07) is 29.2. The third-order valence-corrected chi connectivity index (χ3v) is 11.9. The van der Waals surface area contributed by atoms with Gasteiger partial charge in [-0.05, 0) is 86.3 Å². The van der Waals surface area contributed by atoms with Crippen molar-refractivity contribution >= 4 is 34.5 Å². The predicted molar refractivity (Wildman–Crippen MR) is 260 cm³/mol. The van der Waals surface area contributed by atoms with Crippen LogP contribution in [0.5, 0.6) is 11.5 Å². The smallest absolute Gasteiger partial charge is 0.390 e. The molecular formula is C53H49F6N7O5. The van der Waals surface area contributed by atoms with Gasteiger partial charge in [0.2, 0.25) is 0 Å². The van der Waals surface area contributed by atoms with Crippen LogP contribution in [-0.2, 0) is 0 Å². The average Bonchev–Trinajstić information content (AvgIpc) is 3.87. The molecule has 0 bridgehead atoms. The fourth-order valence-corrected chi connectivity index (χ4v) is 8.23. The van der Waals surface area contributed by atoms with Gasteiger partial charge in [0.25, 0.3) is 5.91 Å². The quantitative estimate of drug-likeness (QED) is 0.0738. The number of benzene rings is 4. The monoisotopic (exact) mass is 977 g/mol. The van der Waals surface area contributed by atoms with E-state index in [1.807, 2.05) is 78.3 Å². The second-order valence-electron chi connectivity index (χ2n) is 17.1. The number of methoxy groups -OCH3 is 2. The molecule has 1 aliphatic carbocycles. The van der Waals surface area contributed by atoms with E-state index in [2.05, 4.69) is 25.9 Å². The van der Waals surface area contributed by atoms with E-state index in [0.717, 1.165) is 57.5 Å². The summed E-state index contributed by atoms with van der Waals surface area (Å²) in [5, 5.41) is 18.1. The first-order chi connectivity index (χ1) is 33.9. The van der Waals surface area contributed by atoms with Crippen LogP contribution in [0.2, 0.25) is 0 Å². The van der Waals surface area contributed by atoms with Crippen LogP contribution >= 0.6 is 0 Å². The van der Waals surface area contributed by atoms with E-state index in [1.165, 1.54) is 6.07 Å². The van der Waals surface area contributed by atoms with Gasteiger partial charge in [-0.2, -0.15) is 26.3 Å². The van der Waals surface area contributed by atoms with E-state index in [-0.39, 0.29) is 30.6 Å². The van der Waals surface area contributed by atoms with Crippen LogP contribution in [-0.4, -0.2) is 81.5 Å². The molecule has 1 amide bonds. The lowest BCUT2D eigenvalue weighted by Gasteiger charge is -2.15. The summed E-state index contributed by atoms with van der Waals surface area (Å²) >= 11 is 0. The zero-order valence-corrected chi connectivity index (χ0v) is 39.0. The Morgan fingerprint density at radius 1 is 0.634 bits per heavy atom. The molecule has 0 spiro atoms. The molecular weight excluding hydrogens is 929 g/mol. The number of carbonyl (C=O) groups is 2. The number of nitrogens with one attached hydrogen (secondary N) is 3. The molecule has 4 aromatic heterocycles. The van der Waals surface area contributed by atoms with Crippen LogP contribution in [0.25, 0.3) is 56.1 Å². The van der Waals surface area contributed by atoms with Crippen LogP contribution in [0.4, 0.5) is 37.7 Å². The van der Waals surface area contributed by atoms with Crippen LogP contribution < -0.4 is 25.4 Å². The van der Waals surface area contributed by atoms with Gasteiger partial charge >= 0.3 is 18.3 Å². The summed E-state index contributed by atoms with van der Waals surface area (Å²) in [5.41, 5.74) is 10.2. The molecule has 71 heavy (non-hydrogen) atoms. The lowest BCUT2D eigenvalue weighted by atomic mass is 10.0. The Balaban J connectivity index is 0.000000191. The Morgan fingerprint density at radius 3 is 1.46 bits per heavy atom. The molecule has 8 aromatic rings. The van der Waals surface area contributed by atoms with Crippen molar-refractivity contribution < 1.29 is 50.5 Å². The van der Waals surface area contributed by atoms with Gasteiger partial charge in [-0.3, -0.25) is 13.6 Å². The zero-order chi connectivity index (χ0) is 50.6. The van der Waals surface area contributed by atoms with Crippen molar-refractivity contribution in [3.8, 4) is 56.3 Å². The summed E-state index contributed by atoms with van der Waals surface area (Å²) < 4.78 is 91.4. The number of hydrogen-bond acceptors (Lipinski definition) is 8. The van der Waals surface area contributed by atoms with Gasteiger partial charge in [-0.1, -0.05) is 48.5 Å². The van der Waals surface area contributed by atoms with Gasteiger partial charge in [0, 0.05) is 70.5 Å². The number of alkyl halides is 6. The van der Waals surface area contributed by atoms with E-state index >= 15 is 0 Å². The Labute approximate surface area is 404 Å². The minimum atomic E-state index is -4.28. The molecule has 368 valence electrons. The Kier molecular flexibility index (Phi) is 14.3. The maximum absolute atomic E-state index is 12.8. The van der Waals surface area contributed by atoms with Crippen LogP contribution in [0.3, 0.4) is 0 Å². The fraction of sp³-hybridized carbons (Fsp3) is 0.245. The SMILES string of the molecule is COc1ccccc1-c1cc(NCCC(F)(F)F)c2ncc(-c3ccc(C(=O)NC4CC4)c(C)c3)n2c1.COc1ccccc1-c1cc(NCCC(F)(F)F)c2ncc(-c3ccc(C(=O)O)c(C)c3)n2c1. The molecule has 0 unspecified atom stereocenters. The van der Waals surface area contributed by atoms with E-state index < -0.39 is 31.2 Å². The number of pyridine rings is 2. The maximum Gasteiger partial charge on any atom is 0.390 e. The average molecular weight is 978 g/mol. The van der Waals surface area contributed by atoms with E-state index in [9.17, 15) is 41.0 Å². The largest absolute Gasteiger partial charge is 0.496 e. The van der Waals surface area contributed by atoms with E-state index in [4.69, 9.17) is 9.47 Å². The number of rotatable bonds is 15. The van der Waals surface area contributed by atoms with Crippen LogP contribution in [0, 0.1) is 13.8 Å². The third-order valence-electron chi connectivity index (χ3n) is 11.9. The molecule has 1 aliphatic rings. The molecule has 0 saturated heterocycles. The summed E-state index contributed by atoms with van der Waals surface area (Å²) in [7, 11) is 3.13. The lowest BCUT2D eigenvalue weighted by Crippen LogP contribution is -2.26. The topological polar surface area (TPSA) is 144 Å². The van der Waals surface area contributed by atoms with E-state index in [1.54, 1.807) is 74.3 Å². The molecule has 4 aromatic carbocycles. The number of ether oxygens (including phenoxy) is 2. The second-order valence-corrected chi connectivity index (χ2v) is 17.1. The number of hydrogen-bond donors (Lipinski definition) is 4. The number of carboxylic acids is 1. The summed E-state index contributed by atoms with van der Waals surface area (Å²) in [5.74, 6) is 0.161. The lowest BCUT2D eigenvalue weighted by molar-refractivity contribution is -0.132. The molecule has 12 nitrogen and oxygen atoms in total. The number of nitrogens with zero attached hydrogens (tertiary/aromatic N) is 4. The number of aromatic carboxylic acids is 1. The predicted octanol–water partition coefficient (Wildman–Crippen LogP) is 12.3. The fourth-order valence-electron chi connectivity index (χ4n) is 8.23. The molecule has 4 heterocycles.